The lowest BCUT2D eigenvalue weighted by Gasteiger charge is -2.35. The predicted molar refractivity (Wildman–Crippen MR) is 88.8 cm³/mol. The molecule has 0 bridgehead atoms. The molecule has 1 aromatic heterocycles. The molecular formula is C14H18IN5. The highest BCUT2D eigenvalue weighted by molar-refractivity contribution is 14.1. The van der Waals surface area contributed by atoms with Crippen molar-refractivity contribution in [1.29, 1.82) is 0 Å². The van der Waals surface area contributed by atoms with Gasteiger partial charge in [0.05, 0.1) is 0 Å². The van der Waals surface area contributed by atoms with Crippen molar-refractivity contribution in [3.8, 4) is 11.4 Å². The molecule has 1 aliphatic rings. The lowest BCUT2D eigenvalue weighted by atomic mass is 10.1. The number of piperazine rings is 1. The Hall–Kier alpha value is -1.15. The first-order chi connectivity index (χ1) is 9.63. The number of hydrogen-bond acceptors (Lipinski definition) is 4. The van der Waals surface area contributed by atoms with E-state index < -0.39 is 0 Å². The number of hydrogen-bond donors (Lipinski definition) is 2. The Morgan fingerprint density at radius 3 is 2.60 bits per heavy atom. The maximum atomic E-state index is 4.66. The van der Waals surface area contributed by atoms with E-state index in [4.69, 9.17) is 0 Å². The molecule has 2 heterocycles. The van der Waals surface area contributed by atoms with Crippen molar-refractivity contribution in [1.82, 2.24) is 20.5 Å². The molecule has 3 rings (SSSR count). The van der Waals surface area contributed by atoms with Crippen molar-refractivity contribution < 1.29 is 0 Å². The minimum atomic E-state index is 0.456. The summed E-state index contributed by atoms with van der Waals surface area (Å²) in [6.07, 6.45) is 0. The molecule has 0 aliphatic carbocycles. The van der Waals surface area contributed by atoms with E-state index in [-0.39, 0.29) is 0 Å². The van der Waals surface area contributed by atoms with Crippen LogP contribution in [0, 0.1) is 3.57 Å². The van der Waals surface area contributed by atoms with Gasteiger partial charge in [-0.3, -0.25) is 5.10 Å². The summed E-state index contributed by atoms with van der Waals surface area (Å²) in [5, 5.41) is 11.0. The monoisotopic (exact) mass is 383 g/mol. The molecule has 1 fully saturated rings. The number of rotatable bonds is 2. The number of nitrogens with zero attached hydrogens (tertiary/aromatic N) is 3. The van der Waals surface area contributed by atoms with Crippen LogP contribution in [0.1, 0.15) is 13.8 Å². The molecule has 2 N–H and O–H groups in total. The molecule has 2 unspecified atom stereocenters. The Morgan fingerprint density at radius 1 is 1.20 bits per heavy atom. The fourth-order valence-corrected chi connectivity index (χ4v) is 3.30. The van der Waals surface area contributed by atoms with E-state index in [0.29, 0.717) is 12.1 Å². The van der Waals surface area contributed by atoms with E-state index in [2.05, 4.69) is 74.0 Å². The molecule has 106 valence electrons. The number of nitrogens with one attached hydrogen (secondary N) is 2. The molecule has 0 spiro atoms. The van der Waals surface area contributed by atoms with Gasteiger partial charge in [-0.15, -0.1) is 5.10 Å². The van der Waals surface area contributed by atoms with Crippen molar-refractivity contribution in [3.63, 3.8) is 0 Å². The average molecular weight is 383 g/mol. The first-order valence-corrected chi connectivity index (χ1v) is 7.89. The third-order valence-electron chi connectivity index (χ3n) is 3.44. The third kappa shape index (κ3) is 2.80. The lowest BCUT2D eigenvalue weighted by Crippen LogP contribution is -2.54. The van der Waals surface area contributed by atoms with Crippen molar-refractivity contribution in [2.45, 2.75) is 25.9 Å². The second-order valence-corrected chi connectivity index (χ2v) is 6.50. The Balaban J connectivity index is 1.85. The first kappa shape index (κ1) is 13.8. The number of halogens is 1. The average Bonchev–Trinajstić information content (AvgIpc) is 2.87. The molecule has 20 heavy (non-hydrogen) atoms. The molecule has 6 heteroatoms. The minimum absolute atomic E-state index is 0.456. The number of H-pyrrole nitrogens is 1. The Kier molecular flexibility index (Phi) is 3.93. The van der Waals surface area contributed by atoms with Crippen LogP contribution in [0.4, 0.5) is 5.95 Å². The fourth-order valence-electron chi connectivity index (χ4n) is 2.66. The largest absolute Gasteiger partial charge is 0.336 e. The van der Waals surface area contributed by atoms with Gasteiger partial charge < -0.3 is 10.2 Å². The van der Waals surface area contributed by atoms with Crippen LogP contribution in [0.5, 0.6) is 0 Å². The number of aromatic nitrogens is 3. The molecule has 1 aromatic carbocycles. The molecule has 0 saturated carbocycles. The van der Waals surface area contributed by atoms with Gasteiger partial charge in [0.2, 0.25) is 5.95 Å². The Bertz CT molecular complexity index is 587. The van der Waals surface area contributed by atoms with Gasteiger partial charge in [-0.05, 0) is 42.5 Å². The number of aromatic amines is 1. The zero-order valence-corrected chi connectivity index (χ0v) is 13.8. The normalized spacial score (nSPS) is 23.1. The highest BCUT2D eigenvalue weighted by Crippen LogP contribution is 2.23. The fraction of sp³-hybridized carbons (Fsp3) is 0.429. The summed E-state index contributed by atoms with van der Waals surface area (Å²) in [5.41, 5.74) is 1.10. The third-order valence-corrected chi connectivity index (χ3v) is 4.38. The van der Waals surface area contributed by atoms with Crippen molar-refractivity contribution in [2.75, 3.05) is 18.0 Å². The Labute approximate surface area is 132 Å². The van der Waals surface area contributed by atoms with Gasteiger partial charge in [0.25, 0.3) is 0 Å². The first-order valence-electron chi connectivity index (χ1n) is 6.82. The smallest absolute Gasteiger partial charge is 0.245 e. The standard InChI is InChI=1S/C14H18IN5/c1-9-7-20(8-10(2)16-9)14-17-13(18-19-14)11-5-3-4-6-12(11)15/h3-6,9-10,16H,7-8H2,1-2H3,(H,17,18,19). The summed E-state index contributed by atoms with van der Waals surface area (Å²) in [6.45, 7) is 6.26. The van der Waals surface area contributed by atoms with Crippen molar-refractivity contribution >= 4 is 28.5 Å². The van der Waals surface area contributed by atoms with Crippen LogP contribution in [-0.4, -0.2) is 40.4 Å². The molecule has 2 atom stereocenters. The summed E-state index contributed by atoms with van der Waals surface area (Å²) in [6, 6.07) is 9.11. The highest BCUT2D eigenvalue weighted by Gasteiger charge is 2.24. The van der Waals surface area contributed by atoms with Crippen LogP contribution < -0.4 is 10.2 Å². The predicted octanol–water partition coefficient (Wildman–Crippen LogP) is 2.26. The molecular weight excluding hydrogens is 365 g/mol. The van der Waals surface area contributed by atoms with Gasteiger partial charge in [0, 0.05) is 34.3 Å². The van der Waals surface area contributed by atoms with Crippen molar-refractivity contribution in [3.05, 3.63) is 27.8 Å². The van der Waals surface area contributed by atoms with Crippen LogP contribution in [0.25, 0.3) is 11.4 Å². The van der Waals surface area contributed by atoms with Crippen LogP contribution in [0.2, 0.25) is 0 Å². The summed E-state index contributed by atoms with van der Waals surface area (Å²) in [5.74, 6) is 1.63. The molecule has 0 amide bonds. The van der Waals surface area contributed by atoms with E-state index in [9.17, 15) is 0 Å². The second kappa shape index (κ2) is 5.69. The van der Waals surface area contributed by atoms with Crippen LogP contribution in [0.3, 0.4) is 0 Å². The van der Waals surface area contributed by atoms with Crippen LogP contribution in [-0.2, 0) is 0 Å². The van der Waals surface area contributed by atoms with Gasteiger partial charge >= 0.3 is 0 Å². The zero-order valence-electron chi connectivity index (χ0n) is 11.6. The van der Waals surface area contributed by atoms with Crippen LogP contribution in [0.15, 0.2) is 24.3 Å². The molecule has 1 saturated heterocycles. The van der Waals surface area contributed by atoms with E-state index >= 15 is 0 Å². The topological polar surface area (TPSA) is 56.8 Å². The summed E-state index contributed by atoms with van der Waals surface area (Å²) in [4.78, 5) is 6.90. The number of benzene rings is 1. The van der Waals surface area contributed by atoms with Gasteiger partial charge in [0.1, 0.15) is 0 Å². The zero-order chi connectivity index (χ0) is 14.1. The van der Waals surface area contributed by atoms with E-state index in [1.54, 1.807) is 0 Å². The lowest BCUT2D eigenvalue weighted by molar-refractivity contribution is 0.403. The Morgan fingerprint density at radius 2 is 1.90 bits per heavy atom. The maximum Gasteiger partial charge on any atom is 0.245 e. The highest BCUT2D eigenvalue weighted by atomic mass is 127. The second-order valence-electron chi connectivity index (χ2n) is 5.34. The van der Waals surface area contributed by atoms with Gasteiger partial charge in [0.15, 0.2) is 5.82 Å². The van der Waals surface area contributed by atoms with Crippen molar-refractivity contribution in [2.24, 2.45) is 0 Å². The quantitative estimate of drug-likeness (QED) is 0.782. The maximum absolute atomic E-state index is 4.66. The van der Waals surface area contributed by atoms with Crippen LogP contribution >= 0.6 is 22.6 Å². The molecule has 0 radical (unpaired) electrons. The van der Waals surface area contributed by atoms with Gasteiger partial charge in [-0.2, -0.15) is 4.98 Å². The summed E-state index contributed by atoms with van der Waals surface area (Å²) in [7, 11) is 0. The van der Waals surface area contributed by atoms with E-state index in [1.165, 1.54) is 3.57 Å². The molecule has 1 aliphatic heterocycles. The number of anilines is 1. The SMILES string of the molecule is CC1CN(c2n[nH]c(-c3ccccc3I)n2)CC(C)N1. The molecule has 2 aromatic rings. The minimum Gasteiger partial charge on any atom is -0.336 e. The van der Waals surface area contributed by atoms with E-state index in [0.717, 1.165) is 30.4 Å². The van der Waals surface area contributed by atoms with Gasteiger partial charge in [-0.1, -0.05) is 18.2 Å². The summed E-state index contributed by atoms with van der Waals surface area (Å²) >= 11 is 2.32. The summed E-state index contributed by atoms with van der Waals surface area (Å²) < 4.78 is 1.18. The van der Waals surface area contributed by atoms with Gasteiger partial charge in [-0.25, -0.2) is 0 Å². The van der Waals surface area contributed by atoms with E-state index in [1.807, 2.05) is 12.1 Å². The molecule has 5 nitrogen and oxygen atoms in total.